The Morgan fingerprint density at radius 1 is 1.33 bits per heavy atom. The molecule has 104 valence electrons. The Labute approximate surface area is 108 Å². The van der Waals surface area contributed by atoms with E-state index in [0.29, 0.717) is 24.7 Å². The molecule has 0 amide bonds. The van der Waals surface area contributed by atoms with Gasteiger partial charge in [0, 0.05) is 26.7 Å². The van der Waals surface area contributed by atoms with Crippen LogP contribution in [0.4, 0.5) is 0 Å². The van der Waals surface area contributed by atoms with Crippen LogP contribution in [0.15, 0.2) is 4.52 Å². The first-order chi connectivity index (χ1) is 8.38. The van der Waals surface area contributed by atoms with E-state index in [1.165, 1.54) is 0 Å². The number of rotatable bonds is 6. The van der Waals surface area contributed by atoms with Crippen LogP contribution in [0.1, 0.15) is 38.6 Å². The molecule has 2 atom stereocenters. The lowest BCUT2D eigenvalue weighted by Gasteiger charge is -2.26. The Bertz CT molecular complexity index is 360. The van der Waals surface area contributed by atoms with Gasteiger partial charge in [0.2, 0.25) is 11.7 Å². The Morgan fingerprint density at radius 3 is 2.50 bits per heavy atom. The normalized spacial score (nSPS) is 15.7. The van der Waals surface area contributed by atoms with Crippen molar-refractivity contribution in [3.8, 4) is 0 Å². The highest BCUT2D eigenvalue weighted by Gasteiger charge is 2.30. The van der Waals surface area contributed by atoms with Crippen molar-refractivity contribution in [2.75, 3.05) is 20.8 Å². The molecule has 0 saturated heterocycles. The number of hydrogen-bond donors (Lipinski definition) is 1. The first-order valence-corrected chi connectivity index (χ1v) is 5.98. The second-order valence-electron chi connectivity index (χ2n) is 5.45. The molecule has 0 radical (unpaired) electrons. The predicted molar refractivity (Wildman–Crippen MR) is 67.1 cm³/mol. The van der Waals surface area contributed by atoms with Crippen molar-refractivity contribution >= 4 is 0 Å². The van der Waals surface area contributed by atoms with E-state index in [0.717, 1.165) is 0 Å². The van der Waals surface area contributed by atoms with Crippen LogP contribution >= 0.6 is 0 Å². The summed E-state index contributed by atoms with van der Waals surface area (Å²) in [5, 5.41) is 3.96. The Hall–Kier alpha value is -0.980. The summed E-state index contributed by atoms with van der Waals surface area (Å²) in [6, 6.07) is -0.140. The fourth-order valence-electron chi connectivity index (χ4n) is 1.80. The summed E-state index contributed by atoms with van der Waals surface area (Å²) >= 11 is 0. The second-order valence-corrected chi connectivity index (χ2v) is 5.45. The van der Waals surface area contributed by atoms with Gasteiger partial charge in [-0.05, 0) is 5.41 Å². The molecule has 6 nitrogen and oxygen atoms in total. The van der Waals surface area contributed by atoms with Gasteiger partial charge in [0.15, 0.2) is 0 Å². The van der Waals surface area contributed by atoms with Crippen molar-refractivity contribution in [3.63, 3.8) is 0 Å². The van der Waals surface area contributed by atoms with Crippen LogP contribution in [0, 0.1) is 5.41 Å². The molecule has 2 N–H and O–H groups in total. The highest BCUT2D eigenvalue weighted by Crippen LogP contribution is 2.33. The van der Waals surface area contributed by atoms with Crippen molar-refractivity contribution in [3.05, 3.63) is 11.7 Å². The van der Waals surface area contributed by atoms with Crippen molar-refractivity contribution < 1.29 is 14.0 Å². The van der Waals surface area contributed by atoms with Gasteiger partial charge >= 0.3 is 0 Å². The standard InChI is InChI=1S/C12H23N3O3/c1-12(2,3)10(17-5)11-14-9(18-15-11)6-8(13)7-16-4/h8,10H,6-7,13H2,1-5H3. The largest absolute Gasteiger partial charge is 0.383 e. The van der Waals surface area contributed by atoms with Gasteiger partial charge in [0.25, 0.3) is 0 Å². The topological polar surface area (TPSA) is 83.4 Å². The van der Waals surface area contributed by atoms with Crippen molar-refractivity contribution in [1.29, 1.82) is 0 Å². The van der Waals surface area contributed by atoms with E-state index in [-0.39, 0.29) is 17.6 Å². The molecule has 0 fully saturated rings. The molecular formula is C12H23N3O3. The van der Waals surface area contributed by atoms with Gasteiger partial charge in [-0.3, -0.25) is 0 Å². The van der Waals surface area contributed by atoms with Gasteiger partial charge in [-0.25, -0.2) is 0 Å². The van der Waals surface area contributed by atoms with Gasteiger partial charge in [-0.2, -0.15) is 4.98 Å². The summed E-state index contributed by atoms with van der Waals surface area (Å²) in [5.41, 5.74) is 5.74. The van der Waals surface area contributed by atoms with Crippen LogP contribution in [-0.4, -0.2) is 37.0 Å². The zero-order valence-electron chi connectivity index (χ0n) is 11.8. The molecule has 0 aliphatic heterocycles. The predicted octanol–water partition coefficient (Wildman–Crippen LogP) is 1.32. The number of hydrogen-bond acceptors (Lipinski definition) is 6. The summed E-state index contributed by atoms with van der Waals surface area (Å²) in [7, 11) is 3.25. The molecule has 0 aliphatic rings. The van der Waals surface area contributed by atoms with Crippen molar-refractivity contribution in [1.82, 2.24) is 10.1 Å². The molecule has 1 aromatic heterocycles. The first kappa shape index (κ1) is 15.1. The molecule has 1 heterocycles. The third kappa shape index (κ3) is 4.04. The molecular weight excluding hydrogens is 234 g/mol. The minimum Gasteiger partial charge on any atom is -0.383 e. The van der Waals surface area contributed by atoms with E-state index < -0.39 is 0 Å². The van der Waals surface area contributed by atoms with E-state index in [1.54, 1.807) is 14.2 Å². The molecule has 2 unspecified atom stereocenters. The van der Waals surface area contributed by atoms with Crippen LogP contribution in [0.2, 0.25) is 0 Å². The van der Waals surface area contributed by atoms with Crippen LogP contribution in [-0.2, 0) is 15.9 Å². The number of aromatic nitrogens is 2. The summed E-state index contributed by atoms with van der Waals surface area (Å²) < 4.78 is 15.6. The minimum absolute atomic E-state index is 0.0927. The fraction of sp³-hybridized carbons (Fsp3) is 0.833. The minimum atomic E-state index is -0.200. The average Bonchev–Trinajstić information content (AvgIpc) is 2.65. The lowest BCUT2D eigenvalue weighted by Crippen LogP contribution is -2.28. The number of nitrogens with zero attached hydrogens (tertiary/aromatic N) is 2. The summed E-state index contributed by atoms with van der Waals surface area (Å²) in [5.74, 6) is 1.07. The van der Waals surface area contributed by atoms with Gasteiger partial charge < -0.3 is 19.7 Å². The average molecular weight is 257 g/mol. The van der Waals surface area contributed by atoms with E-state index in [4.69, 9.17) is 19.7 Å². The lowest BCUT2D eigenvalue weighted by atomic mass is 9.88. The van der Waals surface area contributed by atoms with E-state index >= 15 is 0 Å². The molecule has 0 spiro atoms. The lowest BCUT2D eigenvalue weighted by molar-refractivity contribution is 0.00718. The van der Waals surface area contributed by atoms with Crippen molar-refractivity contribution in [2.45, 2.75) is 39.3 Å². The molecule has 6 heteroatoms. The summed E-state index contributed by atoms with van der Waals surface area (Å²) in [4.78, 5) is 4.33. The Balaban J connectivity index is 2.73. The molecule has 0 aromatic carbocycles. The number of methoxy groups -OCH3 is 2. The second kappa shape index (κ2) is 6.26. The maximum absolute atomic E-state index is 5.84. The first-order valence-electron chi connectivity index (χ1n) is 5.98. The maximum Gasteiger partial charge on any atom is 0.228 e. The molecule has 18 heavy (non-hydrogen) atoms. The fourth-order valence-corrected chi connectivity index (χ4v) is 1.80. The summed E-state index contributed by atoms with van der Waals surface area (Å²) in [6.45, 7) is 6.65. The molecule has 1 rings (SSSR count). The van der Waals surface area contributed by atoms with Crippen LogP contribution < -0.4 is 5.73 Å². The zero-order chi connectivity index (χ0) is 13.8. The maximum atomic E-state index is 5.84. The number of nitrogens with two attached hydrogens (primary N) is 1. The Kier molecular flexibility index (Phi) is 5.25. The van der Waals surface area contributed by atoms with Gasteiger partial charge in [-0.1, -0.05) is 25.9 Å². The molecule has 0 aliphatic carbocycles. The van der Waals surface area contributed by atoms with E-state index in [1.807, 2.05) is 0 Å². The van der Waals surface area contributed by atoms with Crippen LogP contribution in [0.25, 0.3) is 0 Å². The van der Waals surface area contributed by atoms with E-state index in [2.05, 4.69) is 30.9 Å². The Morgan fingerprint density at radius 2 is 2.00 bits per heavy atom. The molecule has 1 aromatic rings. The monoisotopic (exact) mass is 257 g/mol. The quantitative estimate of drug-likeness (QED) is 0.827. The number of ether oxygens (including phenoxy) is 2. The highest BCUT2D eigenvalue weighted by atomic mass is 16.5. The molecule has 0 saturated carbocycles. The van der Waals surface area contributed by atoms with Crippen LogP contribution in [0.3, 0.4) is 0 Å². The van der Waals surface area contributed by atoms with E-state index in [9.17, 15) is 0 Å². The van der Waals surface area contributed by atoms with Gasteiger partial charge in [0.1, 0.15) is 6.10 Å². The highest BCUT2D eigenvalue weighted by molar-refractivity contribution is 4.97. The third-order valence-corrected chi connectivity index (χ3v) is 2.56. The van der Waals surface area contributed by atoms with Crippen LogP contribution in [0.5, 0.6) is 0 Å². The molecule has 0 bridgehead atoms. The SMILES string of the molecule is COCC(N)Cc1nc(C(OC)C(C)(C)C)no1. The smallest absolute Gasteiger partial charge is 0.228 e. The third-order valence-electron chi connectivity index (χ3n) is 2.56. The van der Waals surface area contributed by atoms with Crippen molar-refractivity contribution in [2.24, 2.45) is 11.1 Å². The van der Waals surface area contributed by atoms with Gasteiger partial charge in [0.05, 0.1) is 6.61 Å². The van der Waals surface area contributed by atoms with Gasteiger partial charge in [-0.15, -0.1) is 0 Å². The summed E-state index contributed by atoms with van der Waals surface area (Å²) in [6.07, 6.45) is 0.301. The zero-order valence-corrected chi connectivity index (χ0v) is 11.8.